The van der Waals surface area contributed by atoms with Crippen LogP contribution in [0.5, 0.6) is 0 Å². The molecule has 1 aromatic rings. The van der Waals surface area contributed by atoms with E-state index in [9.17, 15) is 0 Å². The Morgan fingerprint density at radius 1 is 1.00 bits per heavy atom. The van der Waals surface area contributed by atoms with E-state index in [1.165, 1.54) is 23.1 Å². The molecule has 1 aliphatic carbocycles. The molecule has 0 spiro atoms. The second kappa shape index (κ2) is 8.27. The summed E-state index contributed by atoms with van der Waals surface area (Å²) in [5, 5.41) is 0. The van der Waals surface area contributed by atoms with Gasteiger partial charge in [-0.15, -0.1) is 0 Å². The van der Waals surface area contributed by atoms with Gasteiger partial charge in [0, 0.05) is 26.2 Å². The minimum absolute atomic E-state index is 0.0251. The minimum atomic E-state index is -0.203. The van der Waals surface area contributed by atoms with Gasteiger partial charge in [-0.3, -0.25) is 0 Å². The molecule has 0 N–H and O–H groups in total. The van der Waals surface area contributed by atoms with Crippen LogP contribution < -0.4 is 0 Å². The van der Waals surface area contributed by atoms with Gasteiger partial charge in [-0.25, -0.2) is 0 Å². The molecule has 0 saturated carbocycles. The molecular formula is C20H32O3. The Bertz CT molecular complexity index is 490. The fourth-order valence-corrected chi connectivity index (χ4v) is 3.50. The number of ether oxygens (including phenoxy) is 3. The van der Waals surface area contributed by atoms with E-state index in [-0.39, 0.29) is 12.4 Å². The van der Waals surface area contributed by atoms with Crippen LogP contribution in [0.15, 0.2) is 18.2 Å². The van der Waals surface area contributed by atoms with Crippen molar-refractivity contribution >= 4 is 0 Å². The molecule has 0 bridgehead atoms. The minimum Gasteiger partial charge on any atom is -0.374 e. The lowest BCUT2D eigenvalue weighted by Crippen LogP contribution is -2.22. The zero-order valence-corrected chi connectivity index (χ0v) is 15.4. The van der Waals surface area contributed by atoms with E-state index < -0.39 is 0 Å². The largest absolute Gasteiger partial charge is 0.374 e. The zero-order valence-electron chi connectivity index (χ0n) is 15.4. The molecule has 0 aliphatic heterocycles. The summed E-state index contributed by atoms with van der Waals surface area (Å²) >= 11 is 0. The van der Waals surface area contributed by atoms with E-state index in [4.69, 9.17) is 14.2 Å². The Morgan fingerprint density at radius 3 is 2.26 bits per heavy atom. The Hall–Kier alpha value is -0.900. The number of benzene rings is 1. The molecule has 0 saturated heterocycles. The van der Waals surface area contributed by atoms with Crippen molar-refractivity contribution < 1.29 is 14.2 Å². The van der Waals surface area contributed by atoms with Gasteiger partial charge in [-0.2, -0.15) is 0 Å². The molecule has 3 heteroatoms. The number of hydrogen-bond acceptors (Lipinski definition) is 3. The maximum Gasteiger partial charge on any atom is 0.160 e. The van der Waals surface area contributed by atoms with Crippen molar-refractivity contribution in [3.05, 3.63) is 34.9 Å². The van der Waals surface area contributed by atoms with Gasteiger partial charge in [-0.05, 0) is 55.7 Å². The van der Waals surface area contributed by atoms with Crippen molar-refractivity contribution in [3.63, 3.8) is 0 Å². The van der Waals surface area contributed by atoms with Crippen LogP contribution in [0, 0.1) is 0 Å². The summed E-state index contributed by atoms with van der Waals surface area (Å²) in [6, 6.07) is 6.85. The van der Waals surface area contributed by atoms with Crippen LogP contribution in [-0.4, -0.2) is 26.1 Å². The normalized spacial score (nSPS) is 17.5. The number of fused-ring (bicyclic) bond motifs is 1. The maximum atomic E-state index is 6.00. The van der Waals surface area contributed by atoms with Gasteiger partial charge in [0.2, 0.25) is 0 Å². The molecular weight excluding hydrogens is 288 g/mol. The van der Waals surface area contributed by atoms with Gasteiger partial charge >= 0.3 is 0 Å². The average Bonchev–Trinajstić information content (AvgIpc) is 2.82. The third-order valence-corrected chi connectivity index (χ3v) is 4.73. The van der Waals surface area contributed by atoms with Crippen molar-refractivity contribution in [1.29, 1.82) is 0 Å². The molecule has 1 aliphatic rings. The fourth-order valence-electron chi connectivity index (χ4n) is 3.50. The van der Waals surface area contributed by atoms with Crippen LogP contribution in [0.25, 0.3) is 0 Å². The van der Waals surface area contributed by atoms with Crippen LogP contribution in [0.3, 0.4) is 0 Å². The third kappa shape index (κ3) is 4.56. The predicted molar refractivity (Wildman–Crippen MR) is 93.8 cm³/mol. The van der Waals surface area contributed by atoms with Crippen molar-refractivity contribution in [3.8, 4) is 0 Å². The Morgan fingerprint density at radius 2 is 1.65 bits per heavy atom. The van der Waals surface area contributed by atoms with Gasteiger partial charge < -0.3 is 14.2 Å². The Balaban J connectivity index is 2.17. The summed E-state index contributed by atoms with van der Waals surface area (Å²) in [6.45, 7) is 12.7. The van der Waals surface area contributed by atoms with Gasteiger partial charge in [0.25, 0.3) is 0 Å². The quantitative estimate of drug-likeness (QED) is 0.613. The second-order valence-electron chi connectivity index (χ2n) is 6.82. The van der Waals surface area contributed by atoms with Crippen LogP contribution in [0.4, 0.5) is 0 Å². The lowest BCUT2D eigenvalue weighted by molar-refractivity contribution is -0.158. The first-order valence-electron chi connectivity index (χ1n) is 8.99. The van der Waals surface area contributed by atoms with Gasteiger partial charge in [0.05, 0.1) is 6.10 Å². The molecule has 1 atom stereocenters. The summed E-state index contributed by atoms with van der Waals surface area (Å²) in [6.07, 6.45) is 2.95. The lowest BCUT2D eigenvalue weighted by Gasteiger charge is -2.25. The molecule has 130 valence electrons. The number of hydrogen-bond donors (Lipinski definition) is 0. The Kier molecular flexibility index (Phi) is 6.63. The van der Waals surface area contributed by atoms with Crippen LogP contribution in [0.2, 0.25) is 0 Å². The first kappa shape index (κ1) is 18.4. The van der Waals surface area contributed by atoms with Gasteiger partial charge in [-0.1, -0.05) is 32.0 Å². The van der Waals surface area contributed by atoms with Crippen LogP contribution in [-0.2, 0) is 26.0 Å². The molecule has 1 unspecified atom stereocenters. The van der Waals surface area contributed by atoms with Crippen molar-refractivity contribution in [2.45, 2.75) is 71.7 Å². The fraction of sp³-hybridized carbons (Fsp3) is 0.700. The topological polar surface area (TPSA) is 27.7 Å². The van der Waals surface area contributed by atoms with E-state index >= 15 is 0 Å². The van der Waals surface area contributed by atoms with E-state index in [0.717, 1.165) is 12.8 Å². The zero-order chi connectivity index (χ0) is 16.9. The van der Waals surface area contributed by atoms with E-state index in [0.29, 0.717) is 25.2 Å². The smallest absolute Gasteiger partial charge is 0.160 e. The summed E-state index contributed by atoms with van der Waals surface area (Å²) in [5.41, 5.74) is 4.51. The second-order valence-corrected chi connectivity index (χ2v) is 6.82. The summed E-state index contributed by atoms with van der Waals surface area (Å²) in [7, 11) is 0. The van der Waals surface area contributed by atoms with Gasteiger partial charge in [0.15, 0.2) is 6.29 Å². The lowest BCUT2D eigenvalue weighted by atomic mass is 9.86. The third-order valence-electron chi connectivity index (χ3n) is 4.73. The standard InChI is InChI=1S/C20H32O3/c1-6-21-18(14-19(22-7-2)23-8-3)16-9-10-17-15(13-16)11-12-20(17,4)5/h9-10,13,18-19H,6-8,11-12,14H2,1-5H3. The summed E-state index contributed by atoms with van der Waals surface area (Å²) < 4.78 is 17.4. The van der Waals surface area contributed by atoms with E-state index in [1.807, 2.05) is 20.8 Å². The van der Waals surface area contributed by atoms with E-state index in [2.05, 4.69) is 32.0 Å². The first-order valence-corrected chi connectivity index (χ1v) is 8.99. The van der Waals surface area contributed by atoms with Crippen LogP contribution in [0.1, 0.15) is 70.3 Å². The monoisotopic (exact) mass is 320 g/mol. The maximum absolute atomic E-state index is 6.00. The molecule has 0 fully saturated rings. The molecule has 1 aromatic carbocycles. The molecule has 2 rings (SSSR count). The molecule has 0 heterocycles. The SMILES string of the molecule is CCOC(CC(OCC)c1ccc2c(c1)CCC2(C)C)OCC. The molecule has 0 radical (unpaired) electrons. The van der Waals surface area contributed by atoms with Crippen LogP contribution >= 0.6 is 0 Å². The first-order chi connectivity index (χ1) is 11.0. The predicted octanol–water partition coefficient (Wildman–Crippen LogP) is 4.78. The van der Waals surface area contributed by atoms with Crippen molar-refractivity contribution in [2.75, 3.05) is 19.8 Å². The number of aryl methyl sites for hydroxylation is 1. The average molecular weight is 320 g/mol. The summed E-state index contributed by atoms with van der Waals surface area (Å²) in [5.74, 6) is 0. The van der Waals surface area contributed by atoms with Crippen molar-refractivity contribution in [1.82, 2.24) is 0 Å². The molecule has 23 heavy (non-hydrogen) atoms. The Labute approximate surface area is 141 Å². The number of rotatable bonds is 9. The van der Waals surface area contributed by atoms with Gasteiger partial charge in [0.1, 0.15) is 0 Å². The highest BCUT2D eigenvalue weighted by molar-refractivity contribution is 5.41. The highest BCUT2D eigenvalue weighted by Gasteiger charge is 2.30. The summed E-state index contributed by atoms with van der Waals surface area (Å²) in [4.78, 5) is 0. The highest BCUT2D eigenvalue weighted by atomic mass is 16.7. The van der Waals surface area contributed by atoms with E-state index in [1.54, 1.807) is 0 Å². The molecule has 3 nitrogen and oxygen atoms in total. The highest BCUT2D eigenvalue weighted by Crippen LogP contribution is 2.40. The van der Waals surface area contributed by atoms with Crippen molar-refractivity contribution in [2.24, 2.45) is 0 Å². The molecule has 0 aromatic heterocycles. The molecule has 0 amide bonds.